The maximum absolute atomic E-state index is 13.3. The first-order chi connectivity index (χ1) is 15.5. The lowest BCUT2D eigenvalue weighted by atomic mass is 9.93. The minimum atomic E-state index is -3.65. The number of hydrogen-bond acceptors (Lipinski definition) is 3. The first-order valence-electron chi connectivity index (χ1n) is 11.5. The van der Waals surface area contributed by atoms with Crippen molar-refractivity contribution in [3.8, 4) is 0 Å². The van der Waals surface area contributed by atoms with Crippen molar-refractivity contribution >= 4 is 10.0 Å². The fourth-order valence-electron chi connectivity index (χ4n) is 4.53. The van der Waals surface area contributed by atoms with Crippen molar-refractivity contribution in [2.75, 3.05) is 13.1 Å². The molecule has 3 aromatic carbocycles. The van der Waals surface area contributed by atoms with Crippen LogP contribution in [0.3, 0.4) is 0 Å². The lowest BCUT2D eigenvalue weighted by Crippen LogP contribution is -2.37. The molecule has 0 amide bonds. The average Bonchev–Trinajstić information content (AvgIpc) is 2.83. The molecule has 0 radical (unpaired) electrons. The Hall–Kier alpha value is -2.47. The van der Waals surface area contributed by atoms with Crippen LogP contribution in [-0.2, 0) is 10.0 Å². The summed E-state index contributed by atoms with van der Waals surface area (Å²) in [7, 11) is -3.65. The van der Waals surface area contributed by atoms with Crippen LogP contribution in [0.4, 0.5) is 0 Å². The number of benzene rings is 3. The van der Waals surface area contributed by atoms with Crippen molar-refractivity contribution < 1.29 is 8.42 Å². The first kappa shape index (κ1) is 22.7. The minimum absolute atomic E-state index is 0.155. The zero-order valence-corrected chi connectivity index (χ0v) is 19.5. The minimum Gasteiger partial charge on any atom is -0.296 e. The van der Waals surface area contributed by atoms with Crippen LogP contribution in [0.2, 0.25) is 0 Å². The Morgan fingerprint density at radius 3 is 1.94 bits per heavy atom. The fraction of sp³-hybridized carbons (Fsp3) is 0.333. The molecule has 5 heteroatoms. The normalized spacial score (nSPS) is 17.0. The van der Waals surface area contributed by atoms with Crippen LogP contribution in [0, 0.1) is 6.92 Å². The summed E-state index contributed by atoms with van der Waals surface area (Å²) in [4.78, 5) is 2.83. The number of aryl methyl sites for hydroxylation is 1. The maximum atomic E-state index is 13.3. The van der Waals surface area contributed by atoms with Crippen LogP contribution < -0.4 is 4.72 Å². The van der Waals surface area contributed by atoms with Gasteiger partial charge in [0.1, 0.15) is 0 Å². The zero-order chi connectivity index (χ0) is 22.4. The summed E-state index contributed by atoms with van der Waals surface area (Å²) < 4.78 is 29.6. The average molecular weight is 449 g/mol. The lowest BCUT2D eigenvalue weighted by Gasteiger charge is -2.37. The standard InChI is InChI=1S/C27H32N2O2S/c1-22-15-17-25(18-16-22)32(30,31)28-26(23-11-5-2-6-12-23)21-27(24-13-7-3-8-14-24)29-19-9-4-10-20-29/h2-3,5-8,11-18,26-28H,4,9-10,19-21H2,1H3/t26-,27-/m1/s1. The van der Waals surface area contributed by atoms with Crippen LogP contribution in [0.15, 0.2) is 89.8 Å². The topological polar surface area (TPSA) is 49.4 Å². The van der Waals surface area contributed by atoms with Gasteiger partial charge < -0.3 is 0 Å². The van der Waals surface area contributed by atoms with Crippen molar-refractivity contribution in [3.63, 3.8) is 0 Å². The van der Waals surface area contributed by atoms with Crippen LogP contribution in [-0.4, -0.2) is 26.4 Å². The second kappa shape index (κ2) is 10.4. The van der Waals surface area contributed by atoms with Gasteiger partial charge in [0.2, 0.25) is 10.0 Å². The number of sulfonamides is 1. The SMILES string of the molecule is Cc1ccc(S(=O)(=O)N[C@H](C[C@H](c2ccccc2)N2CCCCC2)c2ccccc2)cc1. The van der Waals surface area contributed by atoms with Crippen molar-refractivity contribution in [3.05, 3.63) is 102 Å². The lowest BCUT2D eigenvalue weighted by molar-refractivity contribution is 0.148. The molecule has 1 N–H and O–H groups in total. The molecule has 3 aromatic rings. The summed E-state index contributed by atoms with van der Waals surface area (Å²) in [6.45, 7) is 4.05. The highest BCUT2D eigenvalue weighted by molar-refractivity contribution is 7.89. The van der Waals surface area contributed by atoms with E-state index in [0.717, 1.165) is 24.2 Å². The second-order valence-corrected chi connectivity index (χ2v) is 10.4. The van der Waals surface area contributed by atoms with Gasteiger partial charge in [0.25, 0.3) is 0 Å². The van der Waals surface area contributed by atoms with Gasteiger partial charge in [-0.15, -0.1) is 0 Å². The molecular formula is C27H32N2O2S. The van der Waals surface area contributed by atoms with Gasteiger partial charge in [-0.05, 0) is 62.5 Å². The van der Waals surface area contributed by atoms with Gasteiger partial charge in [-0.1, -0.05) is 84.8 Å². The molecule has 1 aliphatic rings. The second-order valence-electron chi connectivity index (χ2n) is 8.66. The van der Waals surface area contributed by atoms with Crippen molar-refractivity contribution in [1.82, 2.24) is 9.62 Å². The maximum Gasteiger partial charge on any atom is 0.241 e. The largest absolute Gasteiger partial charge is 0.296 e. The van der Waals surface area contributed by atoms with E-state index in [9.17, 15) is 8.42 Å². The van der Waals surface area contributed by atoms with Crippen LogP contribution in [0.25, 0.3) is 0 Å². The van der Waals surface area contributed by atoms with Crippen molar-refractivity contribution in [2.24, 2.45) is 0 Å². The van der Waals surface area contributed by atoms with E-state index in [-0.39, 0.29) is 12.1 Å². The Kier molecular flexibility index (Phi) is 7.40. The Balaban J connectivity index is 1.66. The third-order valence-electron chi connectivity index (χ3n) is 6.31. The molecule has 0 bridgehead atoms. The first-order valence-corrected chi connectivity index (χ1v) is 12.9. The summed E-state index contributed by atoms with van der Waals surface area (Å²) in [6, 6.07) is 27.3. The molecule has 0 aliphatic carbocycles. The molecule has 1 saturated heterocycles. The molecule has 2 atom stereocenters. The predicted octanol–water partition coefficient (Wildman–Crippen LogP) is 5.63. The molecule has 0 aromatic heterocycles. The van der Waals surface area contributed by atoms with Crippen LogP contribution in [0.5, 0.6) is 0 Å². The van der Waals surface area contributed by atoms with Crippen molar-refractivity contribution in [1.29, 1.82) is 0 Å². The molecule has 0 unspecified atom stereocenters. The number of likely N-dealkylation sites (tertiary alicyclic amines) is 1. The molecule has 1 heterocycles. The number of nitrogens with one attached hydrogen (secondary N) is 1. The van der Waals surface area contributed by atoms with E-state index < -0.39 is 10.0 Å². The van der Waals surface area contributed by atoms with E-state index in [1.165, 1.54) is 24.8 Å². The number of nitrogens with zero attached hydrogens (tertiary/aromatic N) is 1. The molecule has 0 spiro atoms. The Bertz CT molecular complexity index is 1080. The monoisotopic (exact) mass is 448 g/mol. The van der Waals surface area contributed by atoms with E-state index in [1.54, 1.807) is 12.1 Å². The fourth-order valence-corrected chi connectivity index (χ4v) is 5.77. The molecule has 1 fully saturated rings. The van der Waals surface area contributed by atoms with E-state index in [1.807, 2.05) is 55.5 Å². The summed E-state index contributed by atoms with van der Waals surface area (Å²) in [5.41, 5.74) is 3.27. The third-order valence-corrected chi connectivity index (χ3v) is 7.79. The Morgan fingerprint density at radius 2 is 1.34 bits per heavy atom. The van der Waals surface area contributed by atoms with Gasteiger partial charge in [0.15, 0.2) is 0 Å². The highest BCUT2D eigenvalue weighted by Crippen LogP contribution is 2.34. The van der Waals surface area contributed by atoms with Crippen LogP contribution >= 0.6 is 0 Å². The van der Waals surface area contributed by atoms with E-state index in [4.69, 9.17) is 0 Å². The molecule has 0 saturated carbocycles. The Morgan fingerprint density at radius 1 is 0.781 bits per heavy atom. The molecule has 4 nitrogen and oxygen atoms in total. The highest BCUT2D eigenvalue weighted by atomic mass is 32.2. The van der Waals surface area contributed by atoms with E-state index in [0.29, 0.717) is 11.3 Å². The summed E-state index contributed by atoms with van der Waals surface area (Å²) in [5.74, 6) is 0. The quantitative estimate of drug-likeness (QED) is 0.486. The summed E-state index contributed by atoms with van der Waals surface area (Å²) in [5, 5.41) is 0. The predicted molar refractivity (Wildman–Crippen MR) is 130 cm³/mol. The van der Waals surface area contributed by atoms with Gasteiger partial charge in [0.05, 0.1) is 4.90 Å². The molecule has 168 valence electrons. The molecular weight excluding hydrogens is 416 g/mol. The van der Waals surface area contributed by atoms with Gasteiger partial charge >= 0.3 is 0 Å². The third kappa shape index (κ3) is 5.66. The van der Waals surface area contributed by atoms with Gasteiger partial charge in [-0.3, -0.25) is 4.90 Å². The highest BCUT2D eigenvalue weighted by Gasteiger charge is 2.29. The smallest absolute Gasteiger partial charge is 0.241 e. The van der Waals surface area contributed by atoms with Gasteiger partial charge in [-0.25, -0.2) is 13.1 Å². The van der Waals surface area contributed by atoms with Crippen LogP contribution in [0.1, 0.15) is 54.5 Å². The number of rotatable bonds is 8. The molecule has 1 aliphatic heterocycles. The molecule has 32 heavy (non-hydrogen) atoms. The Labute approximate surface area is 192 Å². The summed E-state index contributed by atoms with van der Waals surface area (Å²) >= 11 is 0. The number of piperidine rings is 1. The number of hydrogen-bond donors (Lipinski definition) is 1. The van der Waals surface area contributed by atoms with E-state index in [2.05, 4.69) is 33.9 Å². The molecule has 4 rings (SSSR count). The van der Waals surface area contributed by atoms with Crippen molar-refractivity contribution in [2.45, 2.75) is 49.6 Å². The van der Waals surface area contributed by atoms with Gasteiger partial charge in [0, 0.05) is 12.1 Å². The zero-order valence-electron chi connectivity index (χ0n) is 18.7. The van der Waals surface area contributed by atoms with E-state index >= 15 is 0 Å². The summed E-state index contributed by atoms with van der Waals surface area (Å²) in [6.07, 6.45) is 4.32. The van der Waals surface area contributed by atoms with Gasteiger partial charge in [-0.2, -0.15) is 0 Å².